The lowest BCUT2D eigenvalue weighted by Gasteiger charge is -2.07. The first-order chi connectivity index (χ1) is 12.7. The second kappa shape index (κ2) is 6.88. The van der Waals surface area contributed by atoms with Gasteiger partial charge in [0.25, 0.3) is 5.91 Å². The molecule has 4 rings (SSSR count). The number of rotatable bonds is 5. The van der Waals surface area contributed by atoms with Crippen molar-refractivity contribution >= 4 is 16.9 Å². The first-order valence-corrected chi connectivity index (χ1v) is 8.62. The highest BCUT2D eigenvalue weighted by atomic mass is 16.1. The Hall–Kier alpha value is -3.34. The molecule has 0 aliphatic rings. The standard InChI is InChI=1S/C21H20N4O/c1-24-15-23-19-14-16(4-9-20(19)24)10-11-22-21(26)17-5-7-18(8-6-17)25-12-2-3-13-25/h2-9,12-15H,10-11H2,1H3,(H,22,26). The Morgan fingerprint density at radius 2 is 1.85 bits per heavy atom. The summed E-state index contributed by atoms with van der Waals surface area (Å²) in [6, 6.07) is 17.8. The maximum absolute atomic E-state index is 12.3. The largest absolute Gasteiger partial charge is 0.352 e. The molecule has 0 atom stereocenters. The fourth-order valence-corrected chi connectivity index (χ4v) is 3.05. The van der Waals surface area contributed by atoms with E-state index in [0.29, 0.717) is 12.1 Å². The molecule has 0 unspecified atom stereocenters. The molecule has 5 heteroatoms. The minimum absolute atomic E-state index is 0.0528. The minimum Gasteiger partial charge on any atom is -0.352 e. The topological polar surface area (TPSA) is 51.9 Å². The van der Waals surface area contributed by atoms with Crippen LogP contribution in [0, 0.1) is 0 Å². The van der Waals surface area contributed by atoms with Crippen LogP contribution in [0.2, 0.25) is 0 Å². The van der Waals surface area contributed by atoms with E-state index in [-0.39, 0.29) is 5.91 Å². The second-order valence-corrected chi connectivity index (χ2v) is 6.32. The lowest BCUT2D eigenvalue weighted by molar-refractivity contribution is 0.0954. The number of hydrogen-bond donors (Lipinski definition) is 1. The van der Waals surface area contributed by atoms with Crippen LogP contribution < -0.4 is 5.32 Å². The first kappa shape index (κ1) is 16.1. The van der Waals surface area contributed by atoms with Gasteiger partial charge in [-0.15, -0.1) is 0 Å². The van der Waals surface area contributed by atoms with Crippen molar-refractivity contribution in [2.75, 3.05) is 6.54 Å². The normalized spacial score (nSPS) is 11.0. The summed E-state index contributed by atoms with van der Waals surface area (Å²) < 4.78 is 4.01. The van der Waals surface area contributed by atoms with E-state index in [1.807, 2.05) is 71.3 Å². The fourth-order valence-electron chi connectivity index (χ4n) is 3.05. The average Bonchev–Trinajstić information content (AvgIpc) is 3.32. The molecule has 5 nitrogen and oxygen atoms in total. The summed E-state index contributed by atoms with van der Waals surface area (Å²) in [7, 11) is 1.98. The lowest BCUT2D eigenvalue weighted by atomic mass is 10.1. The number of hydrogen-bond acceptors (Lipinski definition) is 2. The molecule has 0 fully saturated rings. The van der Waals surface area contributed by atoms with Crippen molar-refractivity contribution in [1.29, 1.82) is 0 Å². The van der Waals surface area contributed by atoms with E-state index in [2.05, 4.69) is 28.5 Å². The van der Waals surface area contributed by atoms with Gasteiger partial charge in [0.1, 0.15) is 0 Å². The molecule has 0 aliphatic carbocycles. The molecule has 0 spiro atoms. The van der Waals surface area contributed by atoms with Gasteiger partial charge in [-0.2, -0.15) is 0 Å². The second-order valence-electron chi connectivity index (χ2n) is 6.32. The van der Waals surface area contributed by atoms with Crippen LogP contribution in [0.3, 0.4) is 0 Å². The summed E-state index contributed by atoms with van der Waals surface area (Å²) >= 11 is 0. The summed E-state index contributed by atoms with van der Waals surface area (Å²) in [5.74, 6) is -0.0528. The number of aromatic nitrogens is 3. The van der Waals surface area contributed by atoms with E-state index in [0.717, 1.165) is 23.1 Å². The van der Waals surface area contributed by atoms with Crippen LogP contribution in [0.1, 0.15) is 15.9 Å². The highest BCUT2D eigenvalue weighted by Crippen LogP contribution is 2.14. The van der Waals surface area contributed by atoms with Crippen molar-refractivity contribution in [3.05, 3.63) is 84.4 Å². The Morgan fingerprint density at radius 1 is 1.08 bits per heavy atom. The summed E-state index contributed by atoms with van der Waals surface area (Å²) in [5.41, 5.74) is 4.97. The van der Waals surface area contributed by atoms with Gasteiger partial charge in [-0.25, -0.2) is 4.98 Å². The summed E-state index contributed by atoms with van der Waals surface area (Å²) in [4.78, 5) is 16.7. The summed E-state index contributed by atoms with van der Waals surface area (Å²) in [5, 5.41) is 2.98. The number of aryl methyl sites for hydroxylation is 1. The van der Waals surface area contributed by atoms with Crippen molar-refractivity contribution in [1.82, 2.24) is 19.4 Å². The third-order valence-electron chi connectivity index (χ3n) is 4.52. The predicted octanol–water partition coefficient (Wildman–Crippen LogP) is 3.34. The van der Waals surface area contributed by atoms with Crippen LogP contribution in [0.5, 0.6) is 0 Å². The molecule has 0 aliphatic heterocycles. The number of nitrogens with one attached hydrogen (secondary N) is 1. The van der Waals surface area contributed by atoms with E-state index in [1.165, 1.54) is 5.56 Å². The van der Waals surface area contributed by atoms with Crippen LogP contribution in [-0.4, -0.2) is 26.6 Å². The maximum atomic E-state index is 12.3. The number of nitrogens with zero attached hydrogens (tertiary/aromatic N) is 3. The molecule has 0 saturated carbocycles. The Labute approximate surface area is 151 Å². The predicted molar refractivity (Wildman–Crippen MR) is 103 cm³/mol. The van der Waals surface area contributed by atoms with Gasteiger partial charge in [0.2, 0.25) is 0 Å². The average molecular weight is 344 g/mol. The van der Waals surface area contributed by atoms with E-state index in [9.17, 15) is 4.79 Å². The molecule has 2 aromatic carbocycles. The molecule has 4 aromatic rings. The van der Waals surface area contributed by atoms with Gasteiger partial charge in [0, 0.05) is 37.2 Å². The van der Waals surface area contributed by atoms with Gasteiger partial charge in [-0.3, -0.25) is 4.79 Å². The molecule has 26 heavy (non-hydrogen) atoms. The Morgan fingerprint density at radius 3 is 2.62 bits per heavy atom. The van der Waals surface area contributed by atoms with Crippen LogP contribution in [0.4, 0.5) is 0 Å². The van der Waals surface area contributed by atoms with Crippen molar-refractivity contribution in [3.8, 4) is 5.69 Å². The zero-order chi connectivity index (χ0) is 17.9. The number of carbonyl (C=O) groups excluding carboxylic acids is 1. The Bertz CT molecular complexity index is 1030. The van der Waals surface area contributed by atoms with Gasteiger partial charge in [-0.05, 0) is 60.5 Å². The van der Waals surface area contributed by atoms with Gasteiger partial charge >= 0.3 is 0 Å². The van der Waals surface area contributed by atoms with Crippen molar-refractivity contribution in [2.24, 2.45) is 7.05 Å². The molecule has 2 heterocycles. The molecular weight excluding hydrogens is 324 g/mol. The Kier molecular flexibility index (Phi) is 4.27. The SMILES string of the molecule is Cn1cnc2cc(CCNC(=O)c3ccc(-n4cccc4)cc3)ccc21. The van der Waals surface area contributed by atoms with Crippen LogP contribution in [-0.2, 0) is 13.5 Å². The molecule has 0 saturated heterocycles. The molecule has 1 N–H and O–H groups in total. The fraction of sp³-hybridized carbons (Fsp3) is 0.143. The number of amides is 1. The van der Waals surface area contributed by atoms with Crippen molar-refractivity contribution < 1.29 is 4.79 Å². The first-order valence-electron chi connectivity index (χ1n) is 8.62. The zero-order valence-electron chi connectivity index (χ0n) is 14.6. The lowest BCUT2D eigenvalue weighted by Crippen LogP contribution is -2.25. The van der Waals surface area contributed by atoms with Crippen molar-refractivity contribution in [2.45, 2.75) is 6.42 Å². The van der Waals surface area contributed by atoms with E-state index in [4.69, 9.17) is 0 Å². The molecule has 130 valence electrons. The maximum Gasteiger partial charge on any atom is 0.251 e. The minimum atomic E-state index is -0.0528. The third kappa shape index (κ3) is 3.24. The van der Waals surface area contributed by atoms with E-state index >= 15 is 0 Å². The van der Waals surface area contributed by atoms with E-state index in [1.54, 1.807) is 0 Å². The monoisotopic (exact) mass is 344 g/mol. The van der Waals surface area contributed by atoms with Crippen LogP contribution in [0.25, 0.3) is 16.7 Å². The summed E-state index contributed by atoms with van der Waals surface area (Å²) in [6.07, 6.45) is 6.55. The quantitative estimate of drug-likeness (QED) is 0.604. The third-order valence-corrected chi connectivity index (χ3v) is 4.52. The number of imidazole rings is 1. The molecular formula is C21H20N4O. The highest BCUT2D eigenvalue weighted by Gasteiger charge is 2.06. The van der Waals surface area contributed by atoms with Gasteiger partial charge in [-0.1, -0.05) is 6.07 Å². The van der Waals surface area contributed by atoms with Gasteiger partial charge in [0.15, 0.2) is 0 Å². The van der Waals surface area contributed by atoms with Gasteiger partial charge < -0.3 is 14.5 Å². The molecule has 0 bridgehead atoms. The van der Waals surface area contributed by atoms with E-state index < -0.39 is 0 Å². The van der Waals surface area contributed by atoms with Crippen LogP contribution >= 0.6 is 0 Å². The number of fused-ring (bicyclic) bond motifs is 1. The number of carbonyl (C=O) groups is 1. The van der Waals surface area contributed by atoms with Gasteiger partial charge in [0.05, 0.1) is 17.4 Å². The van der Waals surface area contributed by atoms with Crippen molar-refractivity contribution in [3.63, 3.8) is 0 Å². The summed E-state index contributed by atoms with van der Waals surface area (Å²) in [6.45, 7) is 0.594. The van der Waals surface area contributed by atoms with Crippen LogP contribution in [0.15, 0.2) is 73.3 Å². The number of benzene rings is 2. The molecule has 2 aromatic heterocycles. The molecule has 1 amide bonds. The molecule has 0 radical (unpaired) electrons. The Balaban J connectivity index is 1.35. The smallest absolute Gasteiger partial charge is 0.251 e. The zero-order valence-corrected chi connectivity index (χ0v) is 14.6. The highest BCUT2D eigenvalue weighted by molar-refractivity contribution is 5.94.